The topological polar surface area (TPSA) is 69.7 Å². The standard InChI is InChI=1S/C20H26N6/c1-15-4-3-5-17(14-15)23-20(8-12-26(2)13-9-20)19-22-18(24-25-19)16-6-10-21-11-7-16/h3-7,10-11,15,23H,8-9,12-14H2,1-2H3,(H,22,24,25). The van der Waals surface area contributed by atoms with E-state index in [4.69, 9.17) is 4.98 Å². The molecule has 0 bridgehead atoms. The molecule has 4 rings (SSSR count). The average molecular weight is 350 g/mol. The van der Waals surface area contributed by atoms with Gasteiger partial charge in [0, 0.05) is 36.7 Å². The number of aromatic nitrogens is 4. The van der Waals surface area contributed by atoms with E-state index in [1.54, 1.807) is 12.4 Å². The zero-order valence-corrected chi connectivity index (χ0v) is 15.4. The number of piperidine rings is 1. The van der Waals surface area contributed by atoms with Crippen molar-refractivity contribution in [3.8, 4) is 11.4 Å². The molecule has 1 unspecified atom stereocenters. The molecule has 6 heteroatoms. The van der Waals surface area contributed by atoms with Crippen LogP contribution in [0, 0.1) is 5.92 Å². The summed E-state index contributed by atoms with van der Waals surface area (Å²) in [5, 5.41) is 11.5. The van der Waals surface area contributed by atoms with Crippen molar-refractivity contribution in [3.63, 3.8) is 0 Å². The molecule has 3 heterocycles. The minimum Gasteiger partial charge on any atom is -0.376 e. The summed E-state index contributed by atoms with van der Waals surface area (Å²) in [6.45, 7) is 4.33. The molecule has 26 heavy (non-hydrogen) atoms. The minimum atomic E-state index is -0.193. The van der Waals surface area contributed by atoms with E-state index in [0.29, 0.717) is 5.92 Å². The molecule has 6 nitrogen and oxygen atoms in total. The van der Waals surface area contributed by atoms with Crippen LogP contribution < -0.4 is 5.32 Å². The summed E-state index contributed by atoms with van der Waals surface area (Å²) in [6.07, 6.45) is 13.2. The SMILES string of the molecule is CC1C=CC=C(NC2(c3nc(-c4ccncc4)n[nH]3)CCN(C)CC2)C1. The van der Waals surface area contributed by atoms with Crippen LogP contribution in [0.2, 0.25) is 0 Å². The van der Waals surface area contributed by atoms with Crippen LogP contribution in [0.5, 0.6) is 0 Å². The molecule has 0 radical (unpaired) electrons. The van der Waals surface area contributed by atoms with Crippen molar-refractivity contribution >= 4 is 0 Å². The molecule has 2 aromatic heterocycles. The lowest BCUT2D eigenvalue weighted by Gasteiger charge is -2.41. The van der Waals surface area contributed by atoms with E-state index in [1.165, 1.54) is 5.70 Å². The van der Waals surface area contributed by atoms with Crippen LogP contribution in [0.25, 0.3) is 11.4 Å². The number of hydrogen-bond donors (Lipinski definition) is 2. The zero-order valence-electron chi connectivity index (χ0n) is 15.4. The van der Waals surface area contributed by atoms with Crippen molar-refractivity contribution in [2.75, 3.05) is 20.1 Å². The molecule has 136 valence electrons. The van der Waals surface area contributed by atoms with E-state index in [-0.39, 0.29) is 5.54 Å². The highest BCUT2D eigenvalue weighted by Crippen LogP contribution is 2.34. The van der Waals surface area contributed by atoms with Crippen LogP contribution in [-0.4, -0.2) is 45.2 Å². The summed E-state index contributed by atoms with van der Waals surface area (Å²) in [5.41, 5.74) is 2.08. The average Bonchev–Trinajstić information content (AvgIpc) is 3.16. The molecule has 0 spiro atoms. The molecular formula is C20H26N6. The number of hydrogen-bond acceptors (Lipinski definition) is 5. The second-order valence-electron chi connectivity index (χ2n) is 7.51. The van der Waals surface area contributed by atoms with Crippen LogP contribution in [0.3, 0.4) is 0 Å². The Balaban J connectivity index is 1.64. The lowest BCUT2D eigenvalue weighted by Crippen LogP contribution is -2.50. The summed E-state index contributed by atoms with van der Waals surface area (Å²) in [6, 6.07) is 3.88. The molecule has 2 aliphatic rings. The van der Waals surface area contributed by atoms with E-state index in [1.807, 2.05) is 12.1 Å². The third-order valence-corrected chi connectivity index (χ3v) is 5.40. The van der Waals surface area contributed by atoms with E-state index < -0.39 is 0 Å². The number of allylic oxidation sites excluding steroid dienone is 4. The summed E-state index contributed by atoms with van der Waals surface area (Å²) >= 11 is 0. The first-order valence-corrected chi connectivity index (χ1v) is 9.32. The second-order valence-corrected chi connectivity index (χ2v) is 7.51. The van der Waals surface area contributed by atoms with Crippen LogP contribution in [-0.2, 0) is 5.54 Å². The molecule has 1 aliphatic carbocycles. The lowest BCUT2D eigenvalue weighted by molar-refractivity contribution is 0.157. The lowest BCUT2D eigenvalue weighted by atomic mass is 9.85. The minimum absolute atomic E-state index is 0.193. The van der Waals surface area contributed by atoms with Crippen LogP contribution in [0.15, 0.2) is 48.5 Å². The Labute approximate surface area is 154 Å². The van der Waals surface area contributed by atoms with Gasteiger partial charge in [-0.1, -0.05) is 19.1 Å². The van der Waals surface area contributed by atoms with Crippen molar-refractivity contribution in [2.24, 2.45) is 5.92 Å². The first-order chi connectivity index (χ1) is 12.6. The molecule has 2 aromatic rings. The first kappa shape index (κ1) is 17.0. The Bertz CT molecular complexity index is 799. The third-order valence-electron chi connectivity index (χ3n) is 5.40. The van der Waals surface area contributed by atoms with Gasteiger partial charge in [-0.2, -0.15) is 5.10 Å². The second kappa shape index (κ2) is 7.03. The Morgan fingerprint density at radius 3 is 2.73 bits per heavy atom. The molecule has 1 saturated heterocycles. The Morgan fingerprint density at radius 2 is 2.00 bits per heavy atom. The van der Waals surface area contributed by atoms with E-state index in [9.17, 15) is 0 Å². The molecule has 2 N–H and O–H groups in total. The third kappa shape index (κ3) is 3.42. The van der Waals surface area contributed by atoms with Gasteiger partial charge in [0.05, 0.1) is 5.54 Å². The van der Waals surface area contributed by atoms with Crippen LogP contribution >= 0.6 is 0 Å². The smallest absolute Gasteiger partial charge is 0.181 e. The van der Waals surface area contributed by atoms with Crippen molar-refractivity contribution in [1.82, 2.24) is 30.4 Å². The first-order valence-electron chi connectivity index (χ1n) is 9.32. The monoisotopic (exact) mass is 350 g/mol. The van der Waals surface area contributed by atoms with E-state index >= 15 is 0 Å². The fraction of sp³-hybridized carbons (Fsp3) is 0.450. The van der Waals surface area contributed by atoms with Gasteiger partial charge in [-0.15, -0.1) is 0 Å². The zero-order chi connectivity index (χ0) is 18.0. The van der Waals surface area contributed by atoms with E-state index in [0.717, 1.165) is 49.6 Å². The quantitative estimate of drug-likeness (QED) is 0.887. The predicted molar refractivity (Wildman–Crippen MR) is 102 cm³/mol. The molecule has 0 amide bonds. The number of nitrogens with one attached hydrogen (secondary N) is 2. The highest BCUT2D eigenvalue weighted by molar-refractivity contribution is 5.53. The predicted octanol–water partition coefficient (Wildman–Crippen LogP) is 2.86. The molecule has 1 aliphatic heterocycles. The van der Waals surface area contributed by atoms with Gasteiger partial charge in [0.25, 0.3) is 0 Å². The van der Waals surface area contributed by atoms with Crippen molar-refractivity contribution in [1.29, 1.82) is 0 Å². The summed E-state index contributed by atoms with van der Waals surface area (Å²) in [4.78, 5) is 11.3. The number of likely N-dealkylation sites (tertiary alicyclic amines) is 1. The molecule has 0 saturated carbocycles. The summed E-state index contributed by atoms with van der Waals surface area (Å²) in [5.74, 6) is 2.22. The highest BCUT2D eigenvalue weighted by atomic mass is 15.3. The Kier molecular flexibility index (Phi) is 4.59. The fourth-order valence-electron chi connectivity index (χ4n) is 3.77. The van der Waals surface area contributed by atoms with Gasteiger partial charge in [0.15, 0.2) is 11.6 Å². The van der Waals surface area contributed by atoms with Crippen molar-refractivity contribution in [2.45, 2.75) is 31.7 Å². The van der Waals surface area contributed by atoms with Gasteiger partial charge < -0.3 is 10.2 Å². The Hall–Kier alpha value is -2.47. The fourth-order valence-corrected chi connectivity index (χ4v) is 3.77. The molecule has 1 fully saturated rings. The van der Waals surface area contributed by atoms with Gasteiger partial charge in [-0.3, -0.25) is 10.1 Å². The number of nitrogens with zero attached hydrogens (tertiary/aromatic N) is 4. The van der Waals surface area contributed by atoms with Crippen LogP contribution in [0.1, 0.15) is 32.0 Å². The maximum absolute atomic E-state index is 4.87. The summed E-state index contributed by atoms with van der Waals surface area (Å²) in [7, 11) is 2.18. The van der Waals surface area contributed by atoms with Gasteiger partial charge in [0.1, 0.15) is 0 Å². The maximum atomic E-state index is 4.87. The van der Waals surface area contributed by atoms with Crippen LogP contribution in [0.4, 0.5) is 0 Å². The van der Waals surface area contributed by atoms with Gasteiger partial charge in [0.2, 0.25) is 0 Å². The number of H-pyrrole nitrogens is 1. The molecular weight excluding hydrogens is 324 g/mol. The Morgan fingerprint density at radius 1 is 1.23 bits per heavy atom. The van der Waals surface area contributed by atoms with Crippen molar-refractivity contribution < 1.29 is 0 Å². The highest BCUT2D eigenvalue weighted by Gasteiger charge is 2.39. The summed E-state index contributed by atoms with van der Waals surface area (Å²) < 4.78 is 0. The number of pyridine rings is 1. The normalized spacial score (nSPS) is 22.8. The maximum Gasteiger partial charge on any atom is 0.181 e. The number of rotatable bonds is 4. The van der Waals surface area contributed by atoms with E-state index in [2.05, 4.69) is 57.6 Å². The van der Waals surface area contributed by atoms with Gasteiger partial charge in [-0.05, 0) is 50.4 Å². The number of aromatic amines is 1. The van der Waals surface area contributed by atoms with Crippen molar-refractivity contribution in [3.05, 3.63) is 54.3 Å². The largest absolute Gasteiger partial charge is 0.376 e. The molecule has 1 atom stereocenters. The van der Waals surface area contributed by atoms with Gasteiger partial charge in [-0.25, -0.2) is 4.98 Å². The van der Waals surface area contributed by atoms with Gasteiger partial charge >= 0.3 is 0 Å². The molecule has 0 aromatic carbocycles.